The summed E-state index contributed by atoms with van der Waals surface area (Å²) in [6, 6.07) is 16.5. The predicted molar refractivity (Wildman–Crippen MR) is 79.5 cm³/mol. The highest BCUT2D eigenvalue weighted by atomic mass is 16.1. The van der Waals surface area contributed by atoms with Crippen molar-refractivity contribution in [2.75, 3.05) is 0 Å². The molecule has 0 heterocycles. The Morgan fingerprint density at radius 3 is 2.21 bits per heavy atom. The van der Waals surface area contributed by atoms with Crippen LogP contribution in [0.3, 0.4) is 0 Å². The number of hydrogen-bond acceptors (Lipinski definition) is 1. The van der Waals surface area contributed by atoms with Crippen molar-refractivity contribution in [1.82, 2.24) is 0 Å². The van der Waals surface area contributed by atoms with Crippen LogP contribution in [0.25, 0.3) is 0 Å². The monoisotopic (exact) mass is 252 g/mol. The number of carbonyl (C=O) groups excluding carboxylic acids is 1. The Labute approximate surface area is 115 Å². The summed E-state index contributed by atoms with van der Waals surface area (Å²) >= 11 is 0. The van der Waals surface area contributed by atoms with E-state index in [0.29, 0.717) is 0 Å². The first-order valence-electron chi connectivity index (χ1n) is 6.63. The smallest absolute Gasteiger partial charge is 0.130 e. The topological polar surface area (TPSA) is 17.1 Å². The number of carbonyl (C=O) groups is 1. The number of aryl methyl sites for hydroxylation is 2. The highest BCUT2D eigenvalue weighted by Crippen LogP contribution is 2.27. The fourth-order valence-corrected chi connectivity index (χ4v) is 2.35. The lowest BCUT2D eigenvalue weighted by Gasteiger charge is -2.25. The lowest BCUT2D eigenvalue weighted by Crippen LogP contribution is -2.27. The molecule has 0 aliphatic rings. The number of hydrogen-bond donors (Lipinski definition) is 0. The molecule has 0 aliphatic carbocycles. The fourth-order valence-electron chi connectivity index (χ4n) is 2.35. The fraction of sp³-hybridized carbons (Fsp3) is 0.278. The Bertz CT molecular complexity index is 568. The molecule has 0 amide bonds. The third-order valence-electron chi connectivity index (χ3n) is 3.79. The van der Waals surface area contributed by atoms with Crippen LogP contribution in [0, 0.1) is 13.8 Å². The third-order valence-corrected chi connectivity index (χ3v) is 3.79. The highest BCUT2D eigenvalue weighted by Gasteiger charge is 2.26. The van der Waals surface area contributed by atoms with Crippen molar-refractivity contribution in [1.29, 1.82) is 0 Å². The molecule has 0 bridgehead atoms. The minimum atomic E-state index is -0.459. The maximum Gasteiger partial charge on any atom is 0.130 e. The Morgan fingerprint density at radius 2 is 1.63 bits per heavy atom. The van der Waals surface area contributed by atoms with Gasteiger partial charge in [0, 0.05) is 0 Å². The summed E-state index contributed by atoms with van der Waals surface area (Å²) in [6.07, 6.45) is 1.82. The van der Waals surface area contributed by atoms with Crippen molar-refractivity contribution in [3.05, 3.63) is 70.8 Å². The lowest BCUT2D eigenvalue weighted by atomic mass is 9.77. The number of aldehydes is 1. The molecule has 2 aromatic rings. The van der Waals surface area contributed by atoms with E-state index in [9.17, 15) is 4.79 Å². The lowest BCUT2D eigenvalue weighted by molar-refractivity contribution is -0.112. The van der Waals surface area contributed by atoms with Gasteiger partial charge in [-0.3, -0.25) is 0 Å². The summed E-state index contributed by atoms with van der Waals surface area (Å²) in [4.78, 5) is 11.6. The van der Waals surface area contributed by atoms with Gasteiger partial charge in [0.2, 0.25) is 0 Å². The average Bonchev–Trinajstić information content (AvgIpc) is 2.42. The van der Waals surface area contributed by atoms with Crippen LogP contribution in [0.4, 0.5) is 0 Å². The predicted octanol–water partition coefficient (Wildman–Crippen LogP) is 4.00. The quantitative estimate of drug-likeness (QED) is 0.752. The molecule has 1 heteroatoms. The molecule has 1 unspecified atom stereocenters. The van der Waals surface area contributed by atoms with Crippen LogP contribution in [0.1, 0.15) is 29.2 Å². The third kappa shape index (κ3) is 2.93. The van der Waals surface area contributed by atoms with Crippen LogP contribution in [0.5, 0.6) is 0 Å². The van der Waals surface area contributed by atoms with Gasteiger partial charge in [0.05, 0.1) is 5.41 Å². The number of benzene rings is 2. The molecule has 1 nitrogen and oxygen atoms in total. The van der Waals surface area contributed by atoms with E-state index >= 15 is 0 Å². The maximum atomic E-state index is 11.6. The Hall–Kier alpha value is -1.89. The Morgan fingerprint density at radius 1 is 1.00 bits per heavy atom. The molecule has 0 aliphatic heterocycles. The van der Waals surface area contributed by atoms with E-state index < -0.39 is 5.41 Å². The van der Waals surface area contributed by atoms with Gasteiger partial charge in [0.25, 0.3) is 0 Å². The van der Waals surface area contributed by atoms with Crippen molar-refractivity contribution < 1.29 is 4.79 Å². The first-order valence-corrected chi connectivity index (χ1v) is 6.63. The average molecular weight is 252 g/mol. The first kappa shape index (κ1) is 13.5. The minimum absolute atomic E-state index is 0.459. The number of rotatable bonds is 4. The van der Waals surface area contributed by atoms with Crippen LogP contribution >= 0.6 is 0 Å². The summed E-state index contributed by atoms with van der Waals surface area (Å²) < 4.78 is 0. The second-order valence-corrected chi connectivity index (χ2v) is 5.50. The standard InChI is InChI=1S/C18H20O/c1-14-8-10-17(11-9-14)18(3,13-19)12-16-7-5-4-6-15(16)2/h4-11,13H,12H2,1-3H3. The molecule has 0 saturated heterocycles. The van der Waals surface area contributed by atoms with Crippen LogP contribution < -0.4 is 0 Å². The summed E-state index contributed by atoms with van der Waals surface area (Å²) in [7, 11) is 0. The molecule has 0 saturated carbocycles. The van der Waals surface area contributed by atoms with E-state index in [1.807, 2.05) is 19.1 Å². The second kappa shape index (κ2) is 5.40. The van der Waals surface area contributed by atoms with Gasteiger partial charge in [0.1, 0.15) is 6.29 Å². The summed E-state index contributed by atoms with van der Waals surface area (Å²) in [5.41, 5.74) is 4.31. The van der Waals surface area contributed by atoms with Crippen LogP contribution in [-0.4, -0.2) is 6.29 Å². The maximum absolute atomic E-state index is 11.6. The minimum Gasteiger partial charge on any atom is -0.302 e. The molecule has 19 heavy (non-hydrogen) atoms. The van der Waals surface area contributed by atoms with E-state index in [2.05, 4.69) is 50.2 Å². The normalized spacial score (nSPS) is 13.8. The van der Waals surface area contributed by atoms with Crippen LogP contribution in [0.15, 0.2) is 48.5 Å². The zero-order chi connectivity index (χ0) is 13.9. The summed E-state index contributed by atoms with van der Waals surface area (Å²) in [6.45, 7) is 6.16. The van der Waals surface area contributed by atoms with Crippen molar-refractivity contribution in [2.45, 2.75) is 32.6 Å². The van der Waals surface area contributed by atoms with Gasteiger partial charge in [-0.25, -0.2) is 0 Å². The van der Waals surface area contributed by atoms with E-state index in [1.54, 1.807) is 0 Å². The molecule has 2 aromatic carbocycles. The van der Waals surface area contributed by atoms with Gasteiger partial charge in [0.15, 0.2) is 0 Å². The Kier molecular flexibility index (Phi) is 3.84. The van der Waals surface area contributed by atoms with Crippen molar-refractivity contribution in [3.8, 4) is 0 Å². The molecule has 2 rings (SSSR count). The SMILES string of the molecule is Cc1ccc(C(C)(C=O)Cc2ccccc2C)cc1. The second-order valence-electron chi connectivity index (χ2n) is 5.50. The van der Waals surface area contributed by atoms with E-state index in [-0.39, 0.29) is 0 Å². The van der Waals surface area contributed by atoms with Gasteiger partial charge in [-0.15, -0.1) is 0 Å². The molecule has 0 aromatic heterocycles. The molecule has 1 atom stereocenters. The van der Waals surface area contributed by atoms with E-state index in [0.717, 1.165) is 18.3 Å². The van der Waals surface area contributed by atoms with Gasteiger partial charge < -0.3 is 4.79 Å². The molecule has 98 valence electrons. The van der Waals surface area contributed by atoms with Crippen molar-refractivity contribution >= 4 is 6.29 Å². The Balaban J connectivity index is 2.35. The zero-order valence-corrected chi connectivity index (χ0v) is 11.8. The van der Waals surface area contributed by atoms with Gasteiger partial charge >= 0.3 is 0 Å². The summed E-state index contributed by atoms with van der Waals surface area (Å²) in [5.74, 6) is 0. The molecule has 0 radical (unpaired) electrons. The summed E-state index contributed by atoms with van der Waals surface area (Å²) in [5, 5.41) is 0. The molecular weight excluding hydrogens is 232 g/mol. The molecule has 0 fully saturated rings. The van der Waals surface area contributed by atoms with Crippen molar-refractivity contribution in [3.63, 3.8) is 0 Å². The molecular formula is C18H20O. The van der Waals surface area contributed by atoms with Crippen LogP contribution in [0.2, 0.25) is 0 Å². The van der Waals surface area contributed by atoms with Gasteiger partial charge in [-0.2, -0.15) is 0 Å². The molecule has 0 N–H and O–H groups in total. The van der Waals surface area contributed by atoms with Crippen LogP contribution in [-0.2, 0) is 16.6 Å². The highest BCUT2D eigenvalue weighted by molar-refractivity contribution is 5.69. The van der Waals surface area contributed by atoms with Gasteiger partial charge in [-0.05, 0) is 43.9 Å². The van der Waals surface area contributed by atoms with E-state index in [4.69, 9.17) is 0 Å². The van der Waals surface area contributed by atoms with Gasteiger partial charge in [-0.1, -0.05) is 54.1 Å². The largest absolute Gasteiger partial charge is 0.302 e. The van der Waals surface area contributed by atoms with E-state index in [1.165, 1.54) is 16.7 Å². The molecule has 0 spiro atoms. The first-order chi connectivity index (χ1) is 9.05. The zero-order valence-electron chi connectivity index (χ0n) is 11.8. The van der Waals surface area contributed by atoms with Crippen molar-refractivity contribution in [2.24, 2.45) is 0 Å².